The van der Waals surface area contributed by atoms with E-state index in [0.717, 1.165) is 19.6 Å². The Hall–Kier alpha value is -1.96. The van der Waals surface area contributed by atoms with Gasteiger partial charge in [-0.15, -0.1) is 0 Å². The van der Waals surface area contributed by atoms with Crippen molar-refractivity contribution < 1.29 is 9.72 Å². The van der Waals surface area contributed by atoms with Gasteiger partial charge < -0.3 is 4.90 Å². The average Bonchev–Trinajstić information content (AvgIpc) is 3.12. The van der Waals surface area contributed by atoms with Gasteiger partial charge in [-0.2, -0.15) is 5.10 Å². The lowest BCUT2D eigenvalue weighted by Gasteiger charge is -2.42. The van der Waals surface area contributed by atoms with E-state index >= 15 is 0 Å². The number of fused-ring (bicyclic) bond motifs is 1. The molecule has 120 valence electrons. The van der Waals surface area contributed by atoms with Crippen LogP contribution < -0.4 is 0 Å². The summed E-state index contributed by atoms with van der Waals surface area (Å²) < 4.78 is 1.46. The molecule has 2 saturated heterocycles. The number of rotatable bonds is 4. The van der Waals surface area contributed by atoms with Crippen LogP contribution >= 0.6 is 0 Å². The second kappa shape index (κ2) is 6.04. The van der Waals surface area contributed by atoms with Crippen LogP contribution in [0.25, 0.3) is 0 Å². The van der Waals surface area contributed by atoms with Gasteiger partial charge in [0, 0.05) is 38.1 Å². The Morgan fingerprint density at radius 2 is 2.32 bits per heavy atom. The zero-order chi connectivity index (χ0) is 15.7. The second-order valence-corrected chi connectivity index (χ2v) is 6.15. The summed E-state index contributed by atoms with van der Waals surface area (Å²) in [7, 11) is 0. The van der Waals surface area contributed by atoms with Gasteiger partial charge in [-0.3, -0.25) is 24.5 Å². The molecule has 0 radical (unpaired) electrons. The molecule has 8 nitrogen and oxygen atoms in total. The topological polar surface area (TPSA) is 84.5 Å². The highest BCUT2D eigenvalue weighted by atomic mass is 16.6. The predicted molar refractivity (Wildman–Crippen MR) is 79.3 cm³/mol. The maximum Gasteiger partial charge on any atom is 0.306 e. The summed E-state index contributed by atoms with van der Waals surface area (Å²) in [5, 5.41) is 14.5. The van der Waals surface area contributed by atoms with Gasteiger partial charge in [0.2, 0.25) is 5.91 Å². The smallest absolute Gasteiger partial charge is 0.306 e. The predicted octanol–water partition coefficient (Wildman–Crippen LogP) is 0.876. The Bertz CT molecular complexity index is 573. The quantitative estimate of drug-likeness (QED) is 0.609. The molecule has 0 saturated carbocycles. The summed E-state index contributed by atoms with van der Waals surface area (Å²) in [5.74, 6) is 0.109. The third-order valence-corrected chi connectivity index (χ3v) is 4.64. The normalized spacial score (nSPS) is 25.2. The summed E-state index contributed by atoms with van der Waals surface area (Å²) in [5.41, 5.74) is -0.0413. The minimum atomic E-state index is -0.479. The third kappa shape index (κ3) is 2.96. The van der Waals surface area contributed by atoms with E-state index in [1.165, 1.54) is 29.9 Å². The number of carbonyl (C=O) groups is 1. The van der Waals surface area contributed by atoms with E-state index in [9.17, 15) is 14.9 Å². The van der Waals surface area contributed by atoms with Gasteiger partial charge in [0.25, 0.3) is 0 Å². The van der Waals surface area contributed by atoms with Crippen LogP contribution in [-0.4, -0.2) is 62.1 Å². The lowest BCUT2D eigenvalue weighted by atomic mass is 10.1. The van der Waals surface area contributed by atoms with E-state index in [-0.39, 0.29) is 17.6 Å². The van der Waals surface area contributed by atoms with Crippen LogP contribution in [0.2, 0.25) is 0 Å². The van der Waals surface area contributed by atoms with Gasteiger partial charge in [-0.05, 0) is 26.3 Å². The summed E-state index contributed by atoms with van der Waals surface area (Å²) >= 11 is 0. The molecule has 0 aromatic carbocycles. The number of aromatic nitrogens is 2. The van der Waals surface area contributed by atoms with Crippen LogP contribution in [0.15, 0.2) is 12.4 Å². The summed E-state index contributed by atoms with van der Waals surface area (Å²) in [6.45, 7) is 5.37. The van der Waals surface area contributed by atoms with Crippen LogP contribution in [0.5, 0.6) is 0 Å². The highest BCUT2D eigenvalue weighted by Crippen LogP contribution is 2.25. The molecule has 2 atom stereocenters. The fourth-order valence-electron chi connectivity index (χ4n) is 3.46. The molecular weight excluding hydrogens is 286 g/mol. The number of aryl methyl sites for hydroxylation is 1. The Kier molecular flexibility index (Phi) is 4.10. The van der Waals surface area contributed by atoms with E-state index in [0.29, 0.717) is 19.0 Å². The number of carbonyl (C=O) groups excluding carboxylic acids is 1. The van der Waals surface area contributed by atoms with E-state index in [1.54, 1.807) is 0 Å². The van der Waals surface area contributed by atoms with E-state index in [1.807, 2.05) is 4.90 Å². The number of hydrogen-bond acceptors (Lipinski definition) is 5. The molecule has 0 aliphatic carbocycles. The van der Waals surface area contributed by atoms with Crippen molar-refractivity contribution >= 4 is 11.6 Å². The molecule has 1 amide bonds. The van der Waals surface area contributed by atoms with Gasteiger partial charge >= 0.3 is 5.69 Å². The monoisotopic (exact) mass is 307 g/mol. The average molecular weight is 307 g/mol. The molecule has 0 N–H and O–H groups in total. The van der Waals surface area contributed by atoms with Crippen molar-refractivity contribution in [3.8, 4) is 0 Å². The third-order valence-electron chi connectivity index (χ3n) is 4.64. The van der Waals surface area contributed by atoms with Gasteiger partial charge in [0.1, 0.15) is 12.4 Å². The molecule has 3 heterocycles. The van der Waals surface area contributed by atoms with Crippen LogP contribution in [0.4, 0.5) is 5.69 Å². The minimum Gasteiger partial charge on any atom is -0.337 e. The van der Waals surface area contributed by atoms with Crippen LogP contribution in [0, 0.1) is 10.1 Å². The minimum absolute atomic E-state index is 0.0413. The molecule has 0 unspecified atom stereocenters. The van der Waals surface area contributed by atoms with Gasteiger partial charge in [0.15, 0.2) is 0 Å². The largest absolute Gasteiger partial charge is 0.337 e. The molecule has 22 heavy (non-hydrogen) atoms. The maximum atomic E-state index is 12.4. The van der Waals surface area contributed by atoms with Crippen molar-refractivity contribution in [3.63, 3.8) is 0 Å². The molecule has 3 rings (SSSR count). The van der Waals surface area contributed by atoms with Crippen molar-refractivity contribution in [3.05, 3.63) is 22.5 Å². The number of hydrogen-bond donors (Lipinski definition) is 0. The number of nitro groups is 1. The van der Waals surface area contributed by atoms with Crippen molar-refractivity contribution in [2.24, 2.45) is 0 Å². The molecule has 2 aliphatic heterocycles. The van der Waals surface area contributed by atoms with Crippen molar-refractivity contribution in [2.45, 2.75) is 44.8 Å². The molecule has 0 spiro atoms. The van der Waals surface area contributed by atoms with Crippen LogP contribution in [-0.2, 0) is 11.3 Å². The van der Waals surface area contributed by atoms with Gasteiger partial charge in [0.05, 0.1) is 4.92 Å². The first kappa shape index (κ1) is 15.0. The Morgan fingerprint density at radius 1 is 1.50 bits per heavy atom. The fourth-order valence-corrected chi connectivity index (χ4v) is 3.46. The second-order valence-electron chi connectivity index (χ2n) is 6.15. The van der Waals surface area contributed by atoms with Crippen molar-refractivity contribution in [1.29, 1.82) is 0 Å². The molecular formula is C14H21N5O3. The van der Waals surface area contributed by atoms with Crippen LogP contribution in [0.1, 0.15) is 26.2 Å². The van der Waals surface area contributed by atoms with E-state index < -0.39 is 4.92 Å². The van der Waals surface area contributed by atoms with Crippen LogP contribution in [0.3, 0.4) is 0 Å². The molecule has 8 heteroatoms. The maximum absolute atomic E-state index is 12.4. The molecule has 0 bridgehead atoms. The Balaban J connectivity index is 1.55. The highest BCUT2D eigenvalue weighted by molar-refractivity contribution is 5.76. The zero-order valence-corrected chi connectivity index (χ0v) is 12.7. The first-order chi connectivity index (χ1) is 10.5. The Morgan fingerprint density at radius 3 is 3.05 bits per heavy atom. The van der Waals surface area contributed by atoms with Crippen molar-refractivity contribution in [1.82, 2.24) is 19.6 Å². The lowest BCUT2D eigenvalue weighted by Crippen LogP contribution is -2.56. The molecule has 2 aliphatic rings. The Labute approximate surface area is 128 Å². The summed E-state index contributed by atoms with van der Waals surface area (Å²) in [6.07, 6.45) is 5.30. The van der Waals surface area contributed by atoms with E-state index in [2.05, 4.69) is 16.9 Å². The standard InChI is InChI=1S/C14H21N5O3/c1-11-8-16-5-2-3-12(16)10-18(11)14(20)4-6-17-9-13(7-15-17)19(21)22/h7,9,11-12H,2-6,8,10H2,1H3/t11-,12+/m0/s1. The van der Waals surface area contributed by atoms with Gasteiger partial charge in [-0.1, -0.05) is 0 Å². The summed E-state index contributed by atoms with van der Waals surface area (Å²) in [4.78, 5) is 27.0. The number of piperazine rings is 1. The molecule has 1 aromatic heterocycles. The number of amides is 1. The first-order valence-corrected chi connectivity index (χ1v) is 7.75. The highest BCUT2D eigenvalue weighted by Gasteiger charge is 2.36. The first-order valence-electron chi connectivity index (χ1n) is 7.75. The zero-order valence-electron chi connectivity index (χ0n) is 12.7. The molecule has 2 fully saturated rings. The molecule has 1 aromatic rings. The number of nitrogens with zero attached hydrogens (tertiary/aromatic N) is 5. The van der Waals surface area contributed by atoms with Gasteiger partial charge in [-0.25, -0.2) is 0 Å². The van der Waals surface area contributed by atoms with E-state index in [4.69, 9.17) is 0 Å². The van der Waals surface area contributed by atoms with Crippen molar-refractivity contribution in [2.75, 3.05) is 19.6 Å². The summed E-state index contributed by atoms with van der Waals surface area (Å²) in [6, 6.07) is 0.736. The fraction of sp³-hybridized carbons (Fsp3) is 0.714. The lowest BCUT2D eigenvalue weighted by molar-refractivity contribution is -0.385. The SMILES string of the molecule is C[C@H]1CN2CCC[C@@H]2CN1C(=O)CCn1cc([N+](=O)[O-])cn1.